The van der Waals surface area contributed by atoms with Crippen molar-refractivity contribution in [3.63, 3.8) is 0 Å². The van der Waals surface area contributed by atoms with Crippen LogP contribution in [0, 0.1) is 5.92 Å². The molecule has 0 aliphatic rings. The first kappa shape index (κ1) is 14.0. The van der Waals surface area contributed by atoms with Gasteiger partial charge in [0.15, 0.2) is 0 Å². The Morgan fingerprint density at radius 3 is 2.79 bits per heavy atom. The molecule has 0 aliphatic carbocycles. The molecule has 1 aromatic heterocycles. The number of rotatable bonds is 7. The minimum Gasteiger partial charge on any atom is -0.382 e. The fourth-order valence-corrected chi connectivity index (χ4v) is 2.10. The summed E-state index contributed by atoms with van der Waals surface area (Å²) >= 11 is 0. The molecule has 5 heteroatoms. The van der Waals surface area contributed by atoms with Crippen molar-refractivity contribution in [2.75, 3.05) is 26.8 Å². The minimum absolute atomic E-state index is 0.163. The Hall–Kier alpha value is -1.46. The van der Waals surface area contributed by atoms with Crippen molar-refractivity contribution >= 4 is 11.0 Å². The number of para-hydroxylation sites is 1. The summed E-state index contributed by atoms with van der Waals surface area (Å²) in [6, 6.07) is 8.17. The van der Waals surface area contributed by atoms with Crippen LogP contribution in [0.1, 0.15) is 19.9 Å². The Morgan fingerprint density at radius 2 is 2.05 bits per heavy atom. The molecule has 1 aromatic carbocycles. The van der Waals surface area contributed by atoms with Gasteiger partial charge in [0.1, 0.15) is 5.52 Å². The molecule has 19 heavy (non-hydrogen) atoms. The monoisotopic (exact) mass is 262 g/mol. The van der Waals surface area contributed by atoms with Crippen LogP contribution in [-0.2, 0) is 4.74 Å². The van der Waals surface area contributed by atoms with E-state index in [-0.39, 0.29) is 6.04 Å². The van der Waals surface area contributed by atoms with E-state index >= 15 is 0 Å². The topological polar surface area (TPSA) is 52.0 Å². The van der Waals surface area contributed by atoms with Crippen molar-refractivity contribution < 1.29 is 4.74 Å². The van der Waals surface area contributed by atoms with Crippen molar-refractivity contribution in [3.8, 4) is 0 Å². The SMILES string of the molecule is COCC(CNCC(C)C)n1nnc2ccccc21. The lowest BCUT2D eigenvalue weighted by molar-refractivity contribution is 0.148. The van der Waals surface area contributed by atoms with E-state index in [2.05, 4.69) is 29.5 Å². The van der Waals surface area contributed by atoms with Crippen LogP contribution in [0.4, 0.5) is 0 Å². The number of benzene rings is 1. The summed E-state index contributed by atoms with van der Waals surface area (Å²) in [5, 5.41) is 11.9. The second-order valence-electron chi connectivity index (χ2n) is 5.18. The maximum atomic E-state index is 5.31. The first-order valence-corrected chi connectivity index (χ1v) is 6.72. The smallest absolute Gasteiger partial charge is 0.113 e. The van der Waals surface area contributed by atoms with Crippen LogP contribution in [0.25, 0.3) is 11.0 Å². The molecule has 2 rings (SSSR count). The van der Waals surface area contributed by atoms with Crippen LogP contribution in [0.3, 0.4) is 0 Å². The maximum Gasteiger partial charge on any atom is 0.113 e. The predicted octanol–water partition coefficient (Wildman–Crippen LogP) is 1.86. The van der Waals surface area contributed by atoms with Gasteiger partial charge in [0.2, 0.25) is 0 Å². The molecule has 0 spiro atoms. The van der Waals surface area contributed by atoms with Gasteiger partial charge in [-0.2, -0.15) is 0 Å². The third-order valence-corrected chi connectivity index (χ3v) is 3.01. The first-order chi connectivity index (χ1) is 9.22. The zero-order chi connectivity index (χ0) is 13.7. The Kier molecular flexibility index (Phi) is 4.87. The molecule has 0 saturated heterocycles. The maximum absolute atomic E-state index is 5.31. The summed E-state index contributed by atoms with van der Waals surface area (Å²) in [4.78, 5) is 0. The van der Waals surface area contributed by atoms with Gasteiger partial charge in [0.25, 0.3) is 0 Å². The van der Waals surface area contributed by atoms with Crippen molar-refractivity contribution in [2.24, 2.45) is 5.92 Å². The van der Waals surface area contributed by atoms with E-state index in [0.717, 1.165) is 24.1 Å². The third-order valence-electron chi connectivity index (χ3n) is 3.01. The van der Waals surface area contributed by atoms with Crippen LogP contribution < -0.4 is 5.32 Å². The van der Waals surface area contributed by atoms with Crippen molar-refractivity contribution in [3.05, 3.63) is 24.3 Å². The fraction of sp³-hybridized carbons (Fsp3) is 0.571. The minimum atomic E-state index is 0.163. The molecule has 0 aliphatic heterocycles. The molecule has 0 fully saturated rings. The van der Waals surface area contributed by atoms with E-state index in [9.17, 15) is 0 Å². The van der Waals surface area contributed by atoms with Gasteiger partial charge in [0.05, 0.1) is 18.2 Å². The molecule has 5 nitrogen and oxygen atoms in total. The van der Waals surface area contributed by atoms with Crippen LogP contribution in [0.2, 0.25) is 0 Å². The van der Waals surface area contributed by atoms with Crippen molar-refractivity contribution in [1.82, 2.24) is 20.3 Å². The van der Waals surface area contributed by atoms with Crippen LogP contribution >= 0.6 is 0 Å². The zero-order valence-electron chi connectivity index (χ0n) is 11.8. The molecule has 0 radical (unpaired) electrons. The normalized spacial score (nSPS) is 13.3. The standard InChI is InChI=1S/C14H22N4O/c1-11(2)8-15-9-12(10-19-3)18-14-7-5-4-6-13(14)16-17-18/h4-7,11-12,15H,8-10H2,1-3H3. The van der Waals surface area contributed by atoms with E-state index in [4.69, 9.17) is 4.74 Å². The average molecular weight is 262 g/mol. The summed E-state index contributed by atoms with van der Waals surface area (Å²) in [5.41, 5.74) is 1.98. The van der Waals surface area contributed by atoms with Gasteiger partial charge in [-0.15, -0.1) is 5.10 Å². The molecule has 2 aromatic rings. The second kappa shape index (κ2) is 6.63. The van der Waals surface area contributed by atoms with Crippen LogP contribution in [-0.4, -0.2) is 41.8 Å². The highest BCUT2D eigenvalue weighted by Crippen LogP contribution is 2.15. The number of nitrogens with zero attached hydrogens (tertiary/aromatic N) is 3. The number of hydrogen-bond donors (Lipinski definition) is 1. The number of hydrogen-bond acceptors (Lipinski definition) is 4. The molecule has 0 bridgehead atoms. The highest BCUT2D eigenvalue weighted by Gasteiger charge is 2.15. The lowest BCUT2D eigenvalue weighted by Crippen LogP contribution is -2.31. The average Bonchev–Trinajstić information content (AvgIpc) is 2.81. The lowest BCUT2D eigenvalue weighted by Gasteiger charge is -2.18. The quantitative estimate of drug-likeness (QED) is 0.827. The molecule has 1 unspecified atom stereocenters. The summed E-state index contributed by atoms with van der Waals surface area (Å²) in [5.74, 6) is 0.635. The molecule has 0 saturated carbocycles. The molecule has 1 N–H and O–H groups in total. The van der Waals surface area contributed by atoms with Gasteiger partial charge in [-0.1, -0.05) is 31.2 Å². The number of ether oxygens (including phenoxy) is 1. The van der Waals surface area contributed by atoms with Gasteiger partial charge in [-0.3, -0.25) is 0 Å². The predicted molar refractivity (Wildman–Crippen MR) is 76.1 cm³/mol. The molecular weight excluding hydrogens is 240 g/mol. The largest absolute Gasteiger partial charge is 0.382 e. The van der Waals surface area contributed by atoms with E-state index in [1.54, 1.807) is 7.11 Å². The highest BCUT2D eigenvalue weighted by molar-refractivity contribution is 5.73. The van der Waals surface area contributed by atoms with Crippen molar-refractivity contribution in [1.29, 1.82) is 0 Å². The van der Waals surface area contributed by atoms with E-state index in [1.807, 2.05) is 28.9 Å². The van der Waals surface area contributed by atoms with E-state index in [0.29, 0.717) is 12.5 Å². The van der Waals surface area contributed by atoms with Gasteiger partial charge in [-0.05, 0) is 24.6 Å². The van der Waals surface area contributed by atoms with Gasteiger partial charge in [0, 0.05) is 13.7 Å². The third kappa shape index (κ3) is 3.52. The molecular formula is C14H22N4O. The Labute approximate surface area is 113 Å². The molecule has 104 valence electrons. The van der Waals surface area contributed by atoms with Gasteiger partial charge >= 0.3 is 0 Å². The number of aromatic nitrogens is 3. The lowest BCUT2D eigenvalue weighted by atomic mass is 10.2. The fourth-order valence-electron chi connectivity index (χ4n) is 2.10. The number of fused-ring (bicyclic) bond motifs is 1. The number of methoxy groups -OCH3 is 1. The highest BCUT2D eigenvalue weighted by atomic mass is 16.5. The van der Waals surface area contributed by atoms with Crippen LogP contribution in [0.5, 0.6) is 0 Å². The summed E-state index contributed by atoms with van der Waals surface area (Å²) in [6.45, 7) is 6.84. The summed E-state index contributed by atoms with van der Waals surface area (Å²) in [7, 11) is 1.72. The van der Waals surface area contributed by atoms with Gasteiger partial charge < -0.3 is 10.1 Å². The van der Waals surface area contributed by atoms with Crippen LogP contribution in [0.15, 0.2) is 24.3 Å². The Morgan fingerprint density at radius 1 is 1.26 bits per heavy atom. The van der Waals surface area contributed by atoms with E-state index < -0.39 is 0 Å². The molecule has 0 amide bonds. The Balaban J connectivity index is 2.13. The first-order valence-electron chi connectivity index (χ1n) is 6.72. The van der Waals surface area contributed by atoms with Gasteiger partial charge in [-0.25, -0.2) is 4.68 Å². The second-order valence-corrected chi connectivity index (χ2v) is 5.18. The summed E-state index contributed by atoms with van der Waals surface area (Å²) in [6.07, 6.45) is 0. The summed E-state index contributed by atoms with van der Waals surface area (Å²) < 4.78 is 7.26. The Bertz CT molecular complexity index is 509. The van der Waals surface area contributed by atoms with Crippen molar-refractivity contribution in [2.45, 2.75) is 19.9 Å². The van der Waals surface area contributed by atoms with E-state index in [1.165, 1.54) is 0 Å². The zero-order valence-corrected chi connectivity index (χ0v) is 11.8. The molecule has 1 atom stereocenters. The number of nitrogens with one attached hydrogen (secondary N) is 1. The molecule has 1 heterocycles.